The van der Waals surface area contributed by atoms with Gasteiger partial charge in [-0.2, -0.15) is 5.26 Å². The fourth-order valence-electron chi connectivity index (χ4n) is 1.40. The van der Waals surface area contributed by atoms with Crippen molar-refractivity contribution in [3.05, 3.63) is 29.8 Å². The molecule has 0 spiro atoms. The number of nitriles is 1. The predicted octanol–water partition coefficient (Wildman–Crippen LogP) is 1.69. The molecular formula is C13H17N3O. The molecule has 90 valence electrons. The van der Waals surface area contributed by atoms with Crippen LogP contribution in [0.2, 0.25) is 0 Å². The molecule has 0 fully saturated rings. The number of rotatable bonds is 6. The lowest BCUT2D eigenvalue weighted by atomic mass is 10.1. The minimum atomic E-state index is -0.000941. The zero-order chi connectivity index (χ0) is 12.5. The van der Waals surface area contributed by atoms with Crippen molar-refractivity contribution in [3.63, 3.8) is 0 Å². The van der Waals surface area contributed by atoms with Crippen molar-refractivity contribution < 1.29 is 4.79 Å². The van der Waals surface area contributed by atoms with Gasteiger partial charge in [0.05, 0.1) is 12.5 Å². The van der Waals surface area contributed by atoms with Crippen LogP contribution in [0.3, 0.4) is 0 Å². The molecule has 0 unspecified atom stereocenters. The molecule has 0 heterocycles. The van der Waals surface area contributed by atoms with Crippen molar-refractivity contribution in [2.24, 2.45) is 0 Å². The maximum Gasteiger partial charge on any atom is 0.225 e. The molecule has 2 N–H and O–H groups in total. The predicted molar refractivity (Wildman–Crippen MR) is 67.5 cm³/mol. The SMILES string of the molecule is CCNCCC(=O)Nc1ccc(CC#N)cc1. The second kappa shape index (κ2) is 7.42. The van der Waals surface area contributed by atoms with Crippen LogP contribution < -0.4 is 10.6 Å². The van der Waals surface area contributed by atoms with Crippen LogP contribution in [-0.2, 0) is 11.2 Å². The van der Waals surface area contributed by atoms with Crippen LogP contribution in [0.4, 0.5) is 5.69 Å². The zero-order valence-electron chi connectivity index (χ0n) is 9.99. The van der Waals surface area contributed by atoms with Gasteiger partial charge in [-0.25, -0.2) is 0 Å². The number of benzene rings is 1. The Kier molecular flexibility index (Phi) is 5.76. The van der Waals surface area contributed by atoms with Crippen LogP contribution >= 0.6 is 0 Å². The average Bonchev–Trinajstić information content (AvgIpc) is 2.32. The Labute approximate surface area is 102 Å². The van der Waals surface area contributed by atoms with E-state index in [1.165, 1.54) is 0 Å². The molecular weight excluding hydrogens is 214 g/mol. The molecule has 0 aromatic heterocycles. The van der Waals surface area contributed by atoms with E-state index in [1.54, 1.807) is 0 Å². The van der Waals surface area contributed by atoms with Gasteiger partial charge in [-0.3, -0.25) is 4.79 Å². The molecule has 0 saturated heterocycles. The molecule has 0 aliphatic heterocycles. The van der Waals surface area contributed by atoms with Crippen molar-refractivity contribution in [2.45, 2.75) is 19.8 Å². The van der Waals surface area contributed by atoms with Gasteiger partial charge in [0.25, 0.3) is 0 Å². The number of nitrogens with one attached hydrogen (secondary N) is 2. The summed E-state index contributed by atoms with van der Waals surface area (Å²) in [5.41, 5.74) is 1.73. The molecule has 1 amide bonds. The first kappa shape index (κ1) is 13.2. The van der Waals surface area contributed by atoms with Gasteiger partial charge in [0.15, 0.2) is 0 Å². The maximum absolute atomic E-state index is 11.5. The largest absolute Gasteiger partial charge is 0.326 e. The zero-order valence-corrected chi connectivity index (χ0v) is 9.99. The number of carbonyl (C=O) groups is 1. The first-order chi connectivity index (χ1) is 8.26. The summed E-state index contributed by atoms with van der Waals surface area (Å²) in [5.74, 6) is -0.000941. The molecule has 1 rings (SSSR count). The summed E-state index contributed by atoms with van der Waals surface area (Å²) in [6, 6.07) is 9.42. The van der Waals surface area contributed by atoms with E-state index in [0.717, 1.165) is 17.8 Å². The molecule has 0 aliphatic carbocycles. The summed E-state index contributed by atoms with van der Waals surface area (Å²) in [5, 5.41) is 14.4. The molecule has 4 heteroatoms. The highest BCUT2D eigenvalue weighted by Crippen LogP contribution is 2.09. The third-order valence-corrected chi connectivity index (χ3v) is 2.30. The van der Waals surface area contributed by atoms with Gasteiger partial charge in [0.2, 0.25) is 5.91 Å². The Balaban J connectivity index is 2.41. The second-order valence-corrected chi connectivity index (χ2v) is 3.68. The van der Waals surface area contributed by atoms with E-state index in [9.17, 15) is 4.79 Å². The second-order valence-electron chi connectivity index (χ2n) is 3.68. The van der Waals surface area contributed by atoms with Crippen LogP contribution in [0.15, 0.2) is 24.3 Å². The minimum absolute atomic E-state index is 0.000941. The highest BCUT2D eigenvalue weighted by molar-refractivity contribution is 5.90. The lowest BCUT2D eigenvalue weighted by molar-refractivity contribution is -0.116. The number of amides is 1. The number of hydrogen-bond donors (Lipinski definition) is 2. The molecule has 1 aromatic rings. The van der Waals surface area contributed by atoms with Crippen molar-refractivity contribution in [1.82, 2.24) is 5.32 Å². The van der Waals surface area contributed by atoms with Gasteiger partial charge in [-0.1, -0.05) is 19.1 Å². The van der Waals surface area contributed by atoms with Crippen LogP contribution in [0, 0.1) is 11.3 Å². The van der Waals surface area contributed by atoms with Gasteiger partial charge in [-0.15, -0.1) is 0 Å². The van der Waals surface area contributed by atoms with Crippen molar-refractivity contribution in [2.75, 3.05) is 18.4 Å². The monoisotopic (exact) mass is 231 g/mol. The molecule has 0 bridgehead atoms. The molecule has 0 atom stereocenters. The molecule has 0 aliphatic rings. The fourth-order valence-corrected chi connectivity index (χ4v) is 1.40. The number of carbonyl (C=O) groups excluding carboxylic acids is 1. The van der Waals surface area contributed by atoms with Gasteiger partial charge in [-0.05, 0) is 24.2 Å². The van der Waals surface area contributed by atoms with Crippen molar-refractivity contribution >= 4 is 11.6 Å². The average molecular weight is 231 g/mol. The summed E-state index contributed by atoms with van der Waals surface area (Å²) in [4.78, 5) is 11.5. The summed E-state index contributed by atoms with van der Waals surface area (Å²) in [6.45, 7) is 3.57. The third kappa shape index (κ3) is 5.14. The van der Waals surface area contributed by atoms with E-state index in [1.807, 2.05) is 31.2 Å². The van der Waals surface area contributed by atoms with E-state index in [-0.39, 0.29) is 5.91 Å². The Morgan fingerprint density at radius 1 is 1.35 bits per heavy atom. The topological polar surface area (TPSA) is 64.9 Å². The van der Waals surface area contributed by atoms with Crippen LogP contribution in [0.25, 0.3) is 0 Å². The molecule has 0 saturated carbocycles. The van der Waals surface area contributed by atoms with Crippen molar-refractivity contribution in [3.8, 4) is 6.07 Å². The normalized spacial score (nSPS) is 9.65. The number of anilines is 1. The van der Waals surface area contributed by atoms with E-state index in [2.05, 4.69) is 16.7 Å². The summed E-state index contributed by atoms with van der Waals surface area (Å²) in [6.07, 6.45) is 0.864. The summed E-state index contributed by atoms with van der Waals surface area (Å²) < 4.78 is 0. The molecule has 1 aromatic carbocycles. The van der Waals surface area contributed by atoms with Gasteiger partial charge in [0.1, 0.15) is 0 Å². The maximum atomic E-state index is 11.5. The highest BCUT2D eigenvalue weighted by atomic mass is 16.1. The molecule has 4 nitrogen and oxygen atoms in total. The van der Waals surface area contributed by atoms with Gasteiger partial charge < -0.3 is 10.6 Å². The Hall–Kier alpha value is -1.86. The Bertz CT molecular complexity index is 392. The first-order valence-electron chi connectivity index (χ1n) is 5.72. The van der Waals surface area contributed by atoms with Crippen LogP contribution in [0.1, 0.15) is 18.9 Å². The summed E-state index contributed by atoms with van der Waals surface area (Å²) >= 11 is 0. The van der Waals surface area contributed by atoms with Crippen LogP contribution in [-0.4, -0.2) is 19.0 Å². The lowest BCUT2D eigenvalue weighted by Gasteiger charge is -2.05. The lowest BCUT2D eigenvalue weighted by Crippen LogP contribution is -2.21. The Morgan fingerprint density at radius 2 is 2.06 bits per heavy atom. The smallest absolute Gasteiger partial charge is 0.225 e. The van der Waals surface area contributed by atoms with Crippen LogP contribution in [0.5, 0.6) is 0 Å². The summed E-state index contributed by atoms with van der Waals surface area (Å²) in [7, 11) is 0. The third-order valence-electron chi connectivity index (χ3n) is 2.30. The van der Waals surface area contributed by atoms with Gasteiger partial charge in [0, 0.05) is 18.7 Å². The fraction of sp³-hybridized carbons (Fsp3) is 0.385. The van der Waals surface area contributed by atoms with Gasteiger partial charge >= 0.3 is 0 Å². The van der Waals surface area contributed by atoms with Crippen molar-refractivity contribution in [1.29, 1.82) is 5.26 Å². The molecule has 0 radical (unpaired) electrons. The van der Waals surface area contributed by atoms with E-state index in [0.29, 0.717) is 19.4 Å². The number of nitrogens with zero attached hydrogens (tertiary/aromatic N) is 1. The Morgan fingerprint density at radius 3 is 2.65 bits per heavy atom. The first-order valence-corrected chi connectivity index (χ1v) is 5.72. The standard InChI is InChI=1S/C13H17N3O/c1-2-15-10-8-13(17)16-12-5-3-11(4-6-12)7-9-14/h3-6,15H,2,7-8,10H2,1H3,(H,16,17). The minimum Gasteiger partial charge on any atom is -0.326 e. The van der Waals surface area contributed by atoms with E-state index < -0.39 is 0 Å². The highest BCUT2D eigenvalue weighted by Gasteiger charge is 2.01. The quantitative estimate of drug-likeness (QED) is 0.732. The van der Waals surface area contributed by atoms with E-state index in [4.69, 9.17) is 5.26 Å². The molecule has 17 heavy (non-hydrogen) atoms. The number of hydrogen-bond acceptors (Lipinski definition) is 3. The van der Waals surface area contributed by atoms with E-state index >= 15 is 0 Å².